The minimum Gasteiger partial charge on any atom is -0.481 e. The van der Waals surface area contributed by atoms with Crippen molar-refractivity contribution in [2.24, 2.45) is 18.9 Å². The second-order valence-electron chi connectivity index (χ2n) is 4.90. The molecule has 6 nitrogen and oxygen atoms in total. The molecule has 1 saturated heterocycles. The Morgan fingerprint density at radius 2 is 2.11 bits per heavy atom. The normalized spacial score (nSPS) is 23.4. The Labute approximate surface area is 105 Å². The van der Waals surface area contributed by atoms with Crippen LogP contribution in [0.3, 0.4) is 0 Å². The van der Waals surface area contributed by atoms with Crippen LogP contribution in [0.25, 0.3) is 0 Å². The van der Waals surface area contributed by atoms with Gasteiger partial charge in [0.15, 0.2) is 0 Å². The van der Waals surface area contributed by atoms with Crippen LogP contribution in [0.5, 0.6) is 0 Å². The van der Waals surface area contributed by atoms with E-state index < -0.39 is 11.9 Å². The third-order valence-electron chi connectivity index (χ3n) is 3.68. The molecule has 0 aromatic carbocycles. The molecular weight excluding hydrogens is 234 g/mol. The van der Waals surface area contributed by atoms with E-state index in [9.17, 15) is 9.59 Å². The van der Waals surface area contributed by atoms with Gasteiger partial charge in [-0.05, 0) is 12.8 Å². The summed E-state index contributed by atoms with van der Waals surface area (Å²) in [7, 11) is 1.78. The maximum absolute atomic E-state index is 12.3. The van der Waals surface area contributed by atoms with E-state index in [1.807, 2.05) is 13.8 Å². The minimum absolute atomic E-state index is 0.0107. The van der Waals surface area contributed by atoms with Crippen molar-refractivity contribution in [3.63, 3.8) is 0 Å². The first-order valence-electron chi connectivity index (χ1n) is 5.92. The van der Waals surface area contributed by atoms with Crippen LogP contribution < -0.4 is 0 Å². The van der Waals surface area contributed by atoms with Gasteiger partial charge in [-0.25, -0.2) is 0 Å². The number of carboxylic acid groups (broad SMARTS) is 1. The minimum atomic E-state index is -0.833. The van der Waals surface area contributed by atoms with Crippen LogP contribution in [0.4, 0.5) is 0 Å². The second-order valence-corrected chi connectivity index (χ2v) is 4.90. The van der Waals surface area contributed by atoms with Gasteiger partial charge < -0.3 is 10.0 Å². The number of carboxylic acids is 1. The van der Waals surface area contributed by atoms with Crippen molar-refractivity contribution in [1.29, 1.82) is 0 Å². The molecule has 2 rings (SSSR count). The van der Waals surface area contributed by atoms with Crippen molar-refractivity contribution in [2.75, 3.05) is 13.1 Å². The topological polar surface area (TPSA) is 75.4 Å². The average Bonchev–Trinajstić information content (AvgIpc) is 2.84. The van der Waals surface area contributed by atoms with Crippen molar-refractivity contribution in [2.45, 2.75) is 13.8 Å². The number of nitrogens with zero attached hydrogens (tertiary/aromatic N) is 3. The number of hydrogen-bond acceptors (Lipinski definition) is 3. The van der Waals surface area contributed by atoms with Crippen molar-refractivity contribution in [1.82, 2.24) is 14.7 Å². The highest BCUT2D eigenvalue weighted by Crippen LogP contribution is 2.25. The zero-order valence-electron chi connectivity index (χ0n) is 10.8. The summed E-state index contributed by atoms with van der Waals surface area (Å²) in [6, 6.07) is 0. The molecule has 1 fully saturated rings. The quantitative estimate of drug-likeness (QED) is 0.831. The lowest BCUT2D eigenvalue weighted by molar-refractivity contribution is -0.142. The number of amides is 1. The van der Waals surface area contributed by atoms with Gasteiger partial charge in [-0.1, -0.05) is 6.92 Å². The van der Waals surface area contributed by atoms with Gasteiger partial charge in [0.2, 0.25) is 0 Å². The number of carbonyl (C=O) groups is 2. The third-order valence-corrected chi connectivity index (χ3v) is 3.68. The number of rotatable bonds is 2. The standard InChI is InChI=1S/C12H17N3O3/c1-7-5-15(6-10(7)12(17)18)11(16)9-4-13-14(3)8(9)2/h4,7,10H,5-6H2,1-3H3,(H,17,18)/t7-,10-/m1/s1. The molecule has 1 amide bonds. The fourth-order valence-electron chi connectivity index (χ4n) is 2.33. The van der Waals surface area contributed by atoms with E-state index in [1.54, 1.807) is 16.6 Å². The van der Waals surface area contributed by atoms with Gasteiger partial charge in [-0.15, -0.1) is 0 Å². The van der Waals surface area contributed by atoms with Gasteiger partial charge in [-0.3, -0.25) is 14.3 Å². The SMILES string of the molecule is Cc1c(C(=O)N2C[C@@H](C)[C@H](C(=O)O)C2)cnn1C. The molecule has 1 aliphatic heterocycles. The van der Waals surface area contributed by atoms with E-state index in [2.05, 4.69) is 5.10 Å². The molecule has 1 aliphatic rings. The molecule has 0 bridgehead atoms. The Kier molecular flexibility index (Phi) is 3.11. The van der Waals surface area contributed by atoms with E-state index in [1.165, 1.54) is 6.20 Å². The largest absolute Gasteiger partial charge is 0.481 e. The number of likely N-dealkylation sites (tertiary alicyclic amines) is 1. The summed E-state index contributed by atoms with van der Waals surface area (Å²) in [6.07, 6.45) is 1.54. The predicted octanol–water partition coefficient (Wildman–Crippen LogP) is 0.521. The van der Waals surface area contributed by atoms with Crippen LogP contribution >= 0.6 is 0 Å². The molecule has 18 heavy (non-hydrogen) atoms. The van der Waals surface area contributed by atoms with Crippen molar-refractivity contribution in [3.05, 3.63) is 17.5 Å². The van der Waals surface area contributed by atoms with Gasteiger partial charge in [0.05, 0.1) is 17.7 Å². The van der Waals surface area contributed by atoms with Gasteiger partial charge in [-0.2, -0.15) is 5.10 Å². The number of aromatic nitrogens is 2. The third kappa shape index (κ3) is 1.98. The maximum Gasteiger partial charge on any atom is 0.308 e. The van der Waals surface area contributed by atoms with E-state index in [-0.39, 0.29) is 18.4 Å². The zero-order chi connectivity index (χ0) is 13.4. The van der Waals surface area contributed by atoms with Crippen molar-refractivity contribution >= 4 is 11.9 Å². The maximum atomic E-state index is 12.3. The smallest absolute Gasteiger partial charge is 0.308 e. The lowest BCUT2D eigenvalue weighted by Crippen LogP contribution is -2.30. The molecule has 0 radical (unpaired) electrons. The zero-order valence-corrected chi connectivity index (χ0v) is 10.8. The molecule has 0 aliphatic carbocycles. The summed E-state index contributed by atoms with van der Waals surface area (Å²) in [6.45, 7) is 4.46. The summed E-state index contributed by atoms with van der Waals surface area (Å²) in [5, 5.41) is 13.1. The Bertz CT molecular complexity index is 495. The fraction of sp³-hybridized carbons (Fsp3) is 0.583. The lowest BCUT2D eigenvalue weighted by atomic mass is 9.99. The molecule has 1 aromatic rings. The molecule has 0 saturated carbocycles. The van der Waals surface area contributed by atoms with E-state index in [0.717, 1.165) is 5.69 Å². The highest BCUT2D eigenvalue weighted by atomic mass is 16.4. The van der Waals surface area contributed by atoms with Crippen LogP contribution in [0.2, 0.25) is 0 Å². The monoisotopic (exact) mass is 251 g/mol. The Morgan fingerprint density at radius 1 is 1.44 bits per heavy atom. The van der Waals surface area contributed by atoms with Crippen LogP contribution in [-0.4, -0.2) is 44.8 Å². The average molecular weight is 251 g/mol. The Hall–Kier alpha value is -1.85. The van der Waals surface area contributed by atoms with Crippen LogP contribution in [0.1, 0.15) is 23.0 Å². The van der Waals surface area contributed by atoms with Crippen molar-refractivity contribution in [3.8, 4) is 0 Å². The molecule has 1 N–H and O–H groups in total. The van der Waals surface area contributed by atoms with Crippen LogP contribution in [0, 0.1) is 18.8 Å². The summed E-state index contributed by atoms with van der Waals surface area (Å²) >= 11 is 0. The number of aryl methyl sites for hydroxylation is 1. The molecule has 2 heterocycles. The van der Waals surface area contributed by atoms with E-state index in [4.69, 9.17) is 5.11 Å². The second kappa shape index (κ2) is 4.44. The number of aliphatic carboxylic acids is 1. The fourth-order valence-corrected chi connectivity index (χ4v) is 2.33. The lowest BCUT2D eigenvalue weighted by Gasteiger charge is -2.15. The highest BCUT2D eigenvalue weighted by Gasteiger charge is 2.37. The summed E-state index contributed by atoms with van der Waals surface area (Å²) in [5.41, 5.74) is 1.35. The Morgan fingerprint density at radius 3 is 2.56 bits per heavy atom. The van der Waals surface area contributed by atoms with E-state index in [0.29, 0.717) is 12.1 Å². The molecule has 0 unspecified atom stereocenters. The van der Waals surface area contributed by atoms with Gasteiger partial charge in [0, 0.05) is 25.8 Å². The summed E-state index contributed by atoms with van der Waals surface area (Å²) in [4.78, 5) is 24.9. The molecule has 1 aromatic heterocycles. The summed E-state index contributed by atoms with van der Waals surface area (Å²) < 4.78 is 1.64. The molecule has 98 valence electrons. The first-order chi connectivity index (χ1) is 8.41. The van der Waals surface area contributed by atoms with Gasteiger partial charge in [0.25, 0.3) is 5.91 Å². The molecule has 2 atom stereocenters. The highest BCUT2D eigenvalue weighted by molar-refractivity contribution is 5.95. The van der Waals surface area contributed by atoms with E-state index >= 15 is 0 Å². The van der Waals surface area contributed by atoms with Crippen LogP contribution in [-0.2, 0) is 11.8 Å². The first-order valence-corrected chi connectivity index (χ1v) is 5.92. The van der Waals surface area contributed by atoms with Gasteiger partial charge >= 0.3 is 5.97 Å². The number of hydrogen-bond donors (Lipinski definition) is 1. The van der Waals surface area contributed by atoms with Crippen LogP contribution in [0.15, 0.2) is 6.20 Å². The summed E-state index contributed by atoms with van der Waals surface area (Å²) in [5.74, 6) is -1.44. The Balaban J connectivity index is 2.17. The van der Waals surface area contributed by atoms with Crippen molar-refractivity contribution < 1.29 is 14.7 Å². The first kappa shape index (κ1) is 12.6. The molecular formula is C12H17N3O3. The number of carbonyl (C=O) groups excluding carboxylic acids is 1. The van der Waals surface area contributed by atoms with Gasteiger partial charge in [0.1, 0.15) is 0 Å². The predicted molar refractivity (Wildman–Crippen MR) is 64.1 cm³/mol. The molecule has 6 heteroatoms. The molecule has 0 spiro atoms.